The van der Waals surface area contributed by atoms with Crippen molar-refractivity contribution in [3.05, 3.63) is 0 Å². The molecular formula is C9H22N4. The molecule has 0 saturated heterocycles. The van der Waals surface area contributed by atoms with Gasteiger partial charge in [-0.05, 0) is 19.3 Å². The molecule has 0 unspecified atom stereocenters. The van der Waals surface area contributed by atoms with E-state index in [2.05, 4.69) is 45.3 Å². The van der Waals surface area contributed by atoms with Gasteiger partial charge in [0.2, 0.25) is 0 Å². The van der Waals surface area contributed by atoms with Crippen molar-refractivity contribution in [3.8, 4) is 0 Å². The molecule has 0 aromatic heterocycles. The second kappa shape index (κ2) is 3.96. The molecule has 4 nitrogen and oxygen atoms in total. The quantitative estimate of drug-likeness (QED) is 0.300. The third-order valence-corrected chi connectivity index (χ3v) is 2.68. The highest BCUT2D eigenvalue weighted by atomic mass is 15.2. The number of guanidine groups is 1. The molecule has 78 valence electrons. The molecule has 0 amide bonds. The minimum Gasteiger partial charge on any atom is -0.370 e. The summed E-state index contributed by atoms with van der Waals surface area (Å²) in [6.07, 6.45) is 0. The van der Waals surface area contributed by atoms with E-state index in [0.29, 0.717) is 6.67 Å². The van der Waals surface area contributed by atoms with Crippen LogP contribution in [0.5, 0.6) is 0 Å². The molecule has 0 bridgehead atoms. The molecule has 0 aromatic rings. The average molecular weight is 186 g/mol. The molecule has 0 radical (unpaired) electrons. The SMILES string of the molecule is CC(C)(C)C(C)(C)NCNC(=N)N. The van der Waals surface area contributed by atoms with Crippen LogP contribution in [0.4, 0.5) is 0 Å². The van der Waals surface area contributed by atoms with Crippen LogP contribution < -0.4 is 16.4 Å². The third kappa shape index (κ3) is 4.12. The van der Waals surface area contributed by atoms with Crippen molar-refractivity contribution in [2.75, 3.05) is 6.67 Å². The molecule has 0 rings (SSSR count). The van der Waals surface area contributed by atoms with Gasteiger partial charge in [0.1, 0.15) is 0 Å². The van der Waals surface area contributed by atoms with Crippen LogP contribution in [0.2, 0.25) is 0 Å². The van der Waals surface area contributed by atoms with Crippen LogP contribution in [0.3, 0.4) is 0 Å². The van der Waals surface area contributed by atoms with Crippen LogP contribution in [-0.4, -0.2) is 18.2 Å². The standard InChI is InChI=1S/C9H22N4/c1-8(2,3)9(4,5)13-6-12-7(10)11/h13H,6H2,1-5H3,(H4,10,11,12). The lowest BCUT2D eigenvalue weighted by molar-refractivity contribution is 0.176. The summed E-state index contributed by atoms with van der Waals surface area (Å²) in [7, 11) is 0. The first-order chi connectivity index (χ1) is 5.67. The summed E-state index contributed by atoms with van der Waals surface area (Å²) in [6.45, 7) is 11.3. The van der Waals surface area contributed by atoms with Crippen LogP contribution in [-0.2, 0) is 0 Å². The fourth-order valence-electron chi connectivity index (χ4n) is 0.626. The highest BCUT2D eigenvalue weighted by molar-refractivity contribution is 5.74. The van der Waals surface area contributed by atoms with E-state index in [4.69, 9.17) is 11.1 Å². The fourth-order valence-corrected chi connectivity index (χ4v) is 0.626. The lowest BCUT2D eigenvalue weighted by atomic mass is 9.76. The fraction of sp³-hybridized carbons (Fsp3) is 0.889. The van der Waals surface area contributed by atoms with Crippen molar-refractivity contribution in [1.29, 1.82) is 5.41 Å². The molecule has 0 aliphatic carbocycles. The second-order valence-electron chi connectivity index (χ2n) is 4.82. The van der Waals surface area contributed by atoms with Crippen LogP contribution >= 0.6 is 0 Å². The van der Waals surface area contributed by atoms with Crippen LogP contribution in [0.25, 0.3) is 0 Å². The van der Waals surface area contributed by atoms with Gasteiger partial charge in [-0.3, -0.25) is 10.7 Å². The molecule has 0 saturated carbocycles. The molecular weight excluding hydrogens is 164 g/mol. The van der Waals surface area contributed by atoms with Gasteiger partial charge in [-0.2, -0.15) is 0 Å². The van der Waals surface area contributed by atoms with Crippen molar-refractivity contribution in [3.63, 3.8) is 0 Å². The maximum Gasteiger partial charge on any atom is 0.186 e. The van der Waals surface area contributed by atoms with Crippen molar-refractivity contribution >= 4 is 5.96 Å². The van der Waals surface area contributed by atoms with Crippen molar-refractivity contribution in [2.24, 2.45) is 11.1 Å². The monoisotopic (exact) mass is 186 g/mol. The van der Waals surface area contributed by atoms with E-state index in [9.17, 15) is 0 Å². The van der Waals surface area contributed by atoms with Gasteiger partial charge >= 0.3 is 0 Å². The maximum absolute atomic E-state index is 6.98. The Morgan fingerprint density at radius 3 is 2.00 bits per heavy atom. The minimum atomic E-state index is -0.00258. The Kier molecular flexibility index (Phi) is 3.72. The van der Waals surface area contributed by atoms with Gasteiger partial charge in [0.25, 0.3) is 0 Å². The molecule has 0 spiro atoms. The van der Waals surface area contributed by atoms with E-state index < -0.39 is 0 Å². The Morgan fingerprint density at radius 2 is 1.69 bits per heavy atom. The Labute approximate surface area is 80.8 Å². The normalized spacial score (nSPS) is 12.7. The first-order valence-corrected chi connectivity index (χ1v) is 4.50. The van der Waals surface area contributed by atoms with Gasteiger partial charge in [-0.1, -0.05) is 20.8 Å². The first-order valence-electron chi connectivity index (χ1n) is 4.50. The summed E-state index contributed by atoms with van der Waals surface area (Å²) in [5.74, 6) is -0.00258. The average Bonchev–Trinajstić information content (AvgIpc) is 1.82. The van der Waals surface area contributed by atoms with Gasteiger partial charge in [0.05, 0.1) is 6.67 Å². The van der Waals surface area contributed by atoms with Gasteiger partial charge < -0.3 is 11.1 Å². The molecule has 0 fully saturated rings. The lowest BCUT2D eigenvalue weighted by Crippen LogP contribution is -2.54. The van der Waals surface area contributed by atoms with Crippen molar-refractivity contribution in [1.82, 2.24) is 10.6 Å². The largest absolute Gasteiger partial charge is 0.370 e. The number of rotatable bonds is 3. The zero-order valence-electron chi connectivity index (χ0n) is 9.28. The van der Waals surface area contributed by atoms with Gasteiger partial charge in [0.15, 0.2) is 5.96 Å². The van der Waals surface area contributed by atoms with E-state index >= 15 is 0 Å². The van der Waals surface area contributed by atoms with Crippen molar-refractivity contribution in [2.45, 2.75) is 40.2 Å². The van der Waals surface area contributed by atoms with E-state index in [1.165, 1.54) is 0 Å². The second-order valence-corrected chi connectivity index (χ2v) is 4.82. The number of nitrogens with two attached hydrogens (primary N) is 1. The predicted octanol–water partition coefficient (Wildman–Crippen LogP) is 0.841. The van der Waals surface area contributed by atoms with Crippen molar-refractivity contribution < 1.29 is 0 Å². The Hall–Kier alpha value is -0.770. The molecule has 0 aliphatic heterocycles. The lowest BCUT2D eigenvalue weighted by Gasteiger charge is -2.39. The Balaban J connectivity index is 3.97. The zero-order chi connectivity index (χ0) is 10.7. The molecule has 4 heteroatoms. The number of hydrogen-bond acceptors (Lipinski definition) is 2. The van der Waals surface area contributed by atoms with Crippen LogP contribution in [0, 0.1) is 10.8 Å². The van der Waals surface area contributed by atoms with Gasteiger partial charge in [0, 0.05) is 5.54 Å². The van der Waals surface area contributed by atoms with E-state index in [1.807, 2.05) is 0 Å². The zero-order valence-corrected chi connectivity index (χ0v) is 9.28. The molecule has 0 aliphatic rings. The van der Waals surface area contributed by atoms with Crippen LogP contribution in [0.1, 0.15) is 34.6 Å². The predicted molar refractivity (Wildman–Crippen MR) is 56.6 cm³/mol. The molecule has 13 heavy (non-hydrogen) atoms. The summed E-state index contributed by atoms with van der Waals surface area (Å²) in [5.41, 5.74) is 5.34. The van der Waals surface area contributed by atoms with E-state index in [-0.39, 0.29) is 16.9 Å². The third-order valence-electron chi connectivity index (χ3n) is 2.68. The minimum absolute atomic E-state index is 0.00258. The summed E-state index contributed by atoms with van der Waals surface area (Å²) < 4.78 is 0. The van der Waals surface area contributed by atoms with Gasteiger partial charge in [-0.15, -0.1) is 0 Å². The number of hydrogen-bond donors (Lipinski definition) is 4. The van der Waals surface area contributed by atoms with E-state index in [0.717, 1.165) is 0 Å². The molecule has 0 heterocycles. The first kappa shape index (κ1) is 12.2. The topological polar surface area (TPSA) is 73.9 Å². The Morgan fingerprint density at radius 1 is 1.23 bits per heavy atom. The smallest absolute Gasteiger partial charge is 0.186 e. The highest BCUT2D eigenvalue weighted by Gasteiger charge is 2.31. The summed E-state index contributed by atoms with van der Waals surface area (Å²) >= 11 is 0. The summed E-state index contributed by atoms with van der Waals surface area (Å²) in [4.78, 5) is 0. The highest BCUT2D eigenvalue weighted by Crippen LogP contribution is 2.28. The maximum atomic E-state index is 6.98. The number of nitrogens with one attached hydrogen (secondary N) is 3. The Bertz CT molecular complexity index is 179. The van der Waals surface area contributed by atoms with E-state index in [1.54, 1.807) is 0 Å². The van der Waals surface area contributed by atoms with Gasteiger partial charge in [-0.25, -0.2) is 0 Å². The molecule has 0 aromatic carbocycles. The summed E-state index contributed by atoms with van der Waals surface area (Å²) in [6, 6.07) is 0. The molecule has 0 atom stereocenters. The van der Waals surface area contributed by atoms with Crippen LogP contribution in [0.15, 0.2) is 0 Å². The summed E-state index contributed by atoms with van der Waals surface area (Å²) in [5, 5.41) is 13.0. The molecule has 5 N–H and O–H groups in total.